The lowest BCUT2D eigenvalue weighted by Gasteiger charge is -2.35. The first-order chi connectivity index (χ1) is 13.2. The van der Waals surface area contributed by atoms with Crippen molar-refractivity contribution in [1.82, 2.24) is 25.7 Å². The van der Waals surface area contributed by atoms with E-state index in [1.165, 1.54) is 4.90 Å². The van der Waals surface area contributed by atoms with Gasteiger partial charge in [-0.2, -0.15) is 13.2 Å². The van der Waals surface area contributed by atoms with Crippen molar-refractivity contribution in [2.24, 2.45) is 0 Å². The molecule has 162 valence electrons. The van der Waals surface area contributed by atoms with Crippen LogP contribution in [0.5, 0.6) is 0 Å². The predicted octanol–water partition coefficient (Wildman–Crippen LogP) is 2.64. The standard InChI is InChI=1S/C18H24F3N5O2.ClH/c1-10(2)15-14-12(8-11(3)24-17(14)28-25-15)16(27)23-9-13(18(19,20)21)26-6-4-22-5-7-26;/h8,10,13,22H,4-7,9H2,1-3H3,(H,23,27);1H. The summed E-state index contributed by atoms with van der Waals surface area (Å²) in [7, 11) is 0. The van der Waals surface area contributed by atoms with Crippen LogP contribution in [0.1, 0.15) is 41.5 Å². The van der Waals surface area contributed by atoms with Gasteiger partial charge in [-0.1, -0.05) is 19.0 Å². The van der Waals surface area contributed by atoms with Gasteiger partial charge in [-0.05, 0) is 18.9 Å². The van der Waals surface area contributed by atoms with Gasteiger partial charge in [-0.15, -0.1) is 12.4 Å². The molecule has 1 unspecified atom stereocenters. The van der Waals surface area contributed by atoms with Gasteiger partial charge in [0.1, 0.15) is 6.04 Å². The zero-order valence-electron chi connectivity index (χ0n) is 16.5. The van der Waals surface area contributed by atoms with Crippen molar-refractivity contribution in [3.63, 3.8) is 0 Å². The van der Waals surface area contributed by atoms with Crippen LogP contribution < -0.4 is 10.6 Å². The molecule has 1 amide bonds. The maximum Gasteiger partial charge on any atom is 0.405 e. The number of nitrogens with zero attached hydrogens (tertiary/aromatic N) is 3. The van der Waals surface area contributed by atoms with E-state index in [9.17, 15) is 18.0 Å². The lowest BCUT2D eigenvalue weighted by Crippen LogP contribution is -2.57. The topological polar surface area (TPSA) is 83.3 Å². The Morgan fingerprint density at radius 3 is 2.59 bits per heavy atom. The van der Waals surface area contributed by atoms with E-state index in [2.05, 4.69) is 20.8 Å². The Morgan fingerprint density at radius 2 is 2.00 bits per heavy atom. The molecule has 29 heavy (non-hydrogen) atoms. The second kappa shape index (κ2) is 9.27. The molecule has 0 spiro atoms. The first-order valence-electron chi connectivity index (χ1n) is 9.25. The van der Waals surface area contributed by atoms with Crippen molar-refractivity contribution in [2.45, 2.75) is 38.9 Å². The van der Waals surface area contributed by atoms with E-state index in [4.69, 9.17) is 4.52 Å². The molecule has 0 bridgehead atoms. The number of piperazine rings is 1. The van der Waals surface area contributed by atoms with E-state index in [-0.39, 0.29) is 42.7 Å². The highest BCUT2D eigenvalue weighted by Crippen LogP contribution is 2.28. The molecule has 2 aromatic rings. The Bertz CT molecular complexity index is 850. The predicted molar refractivity (Wildman–Crippen MR) is 104 cm³/mol. The summed E-state index contributed by atoms with van der Waals surface area (Å²) in [5, 5.41) is 9.91. The molecule has 2 N–H and O–H groups in total. The number of aromatic nitrogens is 2. The van der Waals surface area contributed by atoms with Crippen LogP contribution in [0.4, 0.5) is 13.2 Å². The molecule has 3 rings (SSSR count). The van der Waals surface area contributed by atoms with Crippen molar-refractivity contribution < 1.29 is 22.5 Å². The number of hydrogen-bond acceptors (Lipinski definition) is 6. The van der Waals surface area contributed by atoms with E-state index in [1.807, 2.05) is 13.8 Å². The Labute approximate surface area is 172 Å². The summed E-state index contributed by atoms with van der Waals surface area (Å²) in [6.45, 7) is 6.49. The third-order valence-corrected chi connectivity index (χ3v) is 4.82. The van der Waals surface area contributed by atoms with Crippen LogP contribution in [0.2, 0.25) is 0 Å². The van der Waals surface area contributed by atoms with Crippen LogP contribution in [0, 0.1) is 6.92 Å². The smallest absolute Gasteiger partial charge is 0.350 e. The van der Waals surface area contributed by atoms with Crippen LogP contribution >= 0.6 is 12.4 Å². The SMILES string of the molecule is Cc1cc(C(=O)NCC(N2CCNCC2)C(F)(F)F)c2c(C(C)C)noc2n1.Cl. The molecule has 11 heteroatoms. The van der Waals surface area contributed by atoms with Crippen molar-refractivity contribution in [1.29, 1.82) is 0 Å². The number of rotatable bonds is 5. The Kier molecular flexibility index (Phi) is 7.47. The molecule has 2 aromatic heterocycles. The molecule has 1 aliphatic heterocycles. The molecular formula is C18H25ClF3N5O2. The molecule has 0 radical (unpaired) electrons. The number of carbonyl (C=O) groups excluding carboxylic acids is 1. The normalized spacial score (nSPS) is 16.7. The van der Waals surface area contributed by atoms with Gasteiger partial charge in [0.05, 0.1) is 16.6 Å². The van der Waals surface area contributed by atoms with E-state index in [1.54, 1.807) is 13.0 Å². The van der Waals surface area contributed by atoms with Crippen molar-refractivity contribution >= 4 is 29.4 Å². The van der Waals surface area contributed by atoms with Gasteiger partial charge < -0.3 is 15.2 Å². The van der Waals surface area contributed by atoms with Crippen LogP contribution in [0.3, 0.4) is 0 Å². The van der Waals surface area contributed by atoms with Gasteiger partial charge >= 0.3 is 6.18 Å². The average Bonchev–Trinajstić information content (AvgIpc) is 3.04. The summed E-state index contributed by atoms with van der Waals surface area (Å²) in [6.07, 6.45) is -4.44. The number of fused-ring (bicyclic) bond motifs is 1. The van der Waals surface area contributed by atoms with Crippen molar-refractivity contribution in [3.05, 3.63) is 23.0 Å². The average molecular weight is 436 g/mol. The summed E-state index contributed by atoms with van der Waals surface area (Å²) in [5.74, 6) is -0.619. The number of pyridine rings is 1. The first-order valence-corrected chi connectivity index (χ1v) is 9.25. The zero-order valence-corrected chi connectivity index (χ0v) is 17.3. The molecule has 0 aromatic carbocycles. The van der Waals surface area contributed by atoms with Gasteiger partial charge in [0, 0.05) is 38.4 Å². The monoisotopic (exact) mass is 435 g/mol. The molecule has 3 heterocycles. The van der Waals surface area contributed by atoms with Crippen molar-refractivity contribution in [3.8, 4) is 0 Å². The van der Waals surface area contributed by atoms with E-state index < -0.39 is 24.7 Å². The highest BCUT2D eigenvalue weighted by Gasteiger charge is 2.44. The molecule has 1 fully saturated rings. The van der Waals surface area contributed by atoms with Crippen LogP contribution in [0.25, 0.3) is 11.1 Å². The minimum atomic E-state index is -4.44. The second-order valence-electron chi connectivity index (χ2n) is 7.27. The number of alkyl halides is 3. The molecule has 1 atom stereocenters. The first kappa shape index (κ1) is 23.4. The summed E-state index contributed by atoms with van der Waals surface area (Å²) >= 11 is 0. The fourth-order valence-corrected chi connectivity index (χ4v) is 3.40. The quantitative estimate of drug-likeness (QED) is 0.751. The maximum atomic E-state index is 13.5. The summed E-state index contributed by atoms with van der Waals surface area (Å²) in [6, 6.07) is -0.183. The number of aryl methyl sites for hydroxylation is 1. The highest BCUT2D eigenvalue weighted by molar-refractivity contribution is 6.06. The third kappa shape index (κ3) is 5.18. The molecule has 0 aliphatic carbocycles. The number of hydrogen-bond donors (Lipinski definition) is 2. The molecule has 0 saturated carbocycles. The molecule has 1 aliphatic rings. The zero-order chi connectivity index (χ0) is 20.5. The van der Waals surface area contributed by atoms with Crippen LogP contribution in [-0.2, 0) is 0 Å². The Hall–Kier alpha value is -1.91. The maximum absolute atomic E-state index is 13.5. The largest absolute Gasteiger partial charge is 0.405 e. The second-order valence-corrected chi connectivity index (χ2v) is 7.27. The fourth-order valence-electron chi connectivity index (χ4n) is 3.40. The number of halogens is 4. The van der Waals surface area contributed by atoms with Crippen LogP contribution in [0.15, 0.2) is 10.6 Å². The van der Waals surface area contributed by atoms with Gasteiger partial charge in [0.2, 0.25) is 0 Å². The highest BCUT2D eigenvalue weighted by atomic mass is 35.5. The minimum absolute atomic E-state index is 0. The van der Waals surface area contributed by atoms with Gasteiger partial charge in [0.15, 0.2) is 0 Å². The van der Waals surface area contributed by atoms with Crippen LogP contribution in [-0.4, -0.2) is 65.9 Å². The lowest BCUT2D eigenvalue weighted by molar-refractivity contribution is -0.183. The van der Waals surface area contributed by atoms with E-state index in [0.717, 1.165) is 0 Å². The fraction of sp³-hybridized carbons (Fsp3) is 0.611. The Balaban J connectivity index is 0.00000300. The van der Waals surface area contributed by atoms with Gasteiger partial charge in [0.25, 0.3) is 11.6 Å². The number of carbonyl (C=O) groups is 1. The van der Waals surface area contributed by atoms with E-state index >= 15 is 0 Å². The van der Waals surface area contributed by atoms with Crippen molar-refractivity contribution in [2.75, 3.05) is 32.7 Å². The number of nitrogens with one attached hydrogen (secondary N) is 2. The van der Waals surface area contributed by atoms with Gasteiger partial charge in [-0.25, -0.2) is 4.98 Å². The van der Waals surface area contributed by atoms with Gasteiger partial charge in [-0.3, -0.25) is 9.69 Å². The molecule has 1 saturated heterocycles. The third-order valence-electron chi connectivity index (χ3n) is 4.82. The Morgan fingerprint density at radius 1 is 1.34 bits per heavy atom. The molecule has 7 nitrogen and oxygen atoms in total. The van der Waals surface area contributed by atoms with E-state index in [0.29, 0.717) is 29.9 Å². The minimum Gasteiger partial charge on any atom is -0.350 e. The summed E-state index contributed by atoms with van der Waals surface area (Å²) in [5.41, 5.74) is 1.53. The lowest BCUT2D eigenvalue weighted by atomic mass is 10.0. The number of amides is 1. The summed E-state index contributed by atoms with van der Waals surface area (Å²) < 4.78 is 45.9. The molecular weight excluding hydrogens is 411 g/mol. The summed E-state index contributed by atoms with van der Waals surface area (Å²) in [4.78, 5) is 18.4.